The molecule has 11 heteroatoms. The van der Waals surface area contributed by atoms with Crippen molar-refractivity contribution in [2.45, 2.75) is 38.5 Å². The predicted molar refractivity (Wildman–Crippen MR) is 119 cm³/mol. The number of hydrogen-bond acceptors (Lipinski definition) is 8. The summed E-state index contributed by atoms with van der Waals surface area (Å²) >= 11 is 4.10. The Labute approximate surface area is 192 Å². The van der Waals surface area contributed by atoms with Gasteiger partial charge in [0.25, 0.3) is 5.91 Å². The quantitative estimate of drug-likeness (QED) is 0.194. The normalized spacial score (nSPS) is 12.5. The summed E-state index contributed by atoms with van der Waals surface area (Å²) in [6.45, 7) is 4.52. The largest absolute Gasteiger partial charge is 0.508 e. The van der Waals surface area contributed by atoms with E-state index in [2.05, 4.69) is 34.0 Å². The lowest BCUT2D eigenvalue weighted by Crippen LogP contribution is -2.52. The van der Waals surface area contributed by atoms with Crippen LogP contribution in [-0.2, 0) is 23.9 Å². The van der Waals surface area contributed by atoms with Crippen LogP contribution in [0.4, 0.5) is 4.79 Å². The number of alkyl carbamates (subject to hydrolysis) is 1. The van der Waals surface area contributed by atoms with Crippen molar-refractivity contribution in [3.05, 3.63) is 29.8 Å². The molecule has 0 aliphatic heterocycles. The van der Waals surface area contributed by atoms with Gasteiger partial charge in [0, 0.05) is 11.8 Å². The van der Waals surface area contributed by atoms with Crippen molar-refractivity contribution in [1.29, 1.82) is 0 Å². The molecule has 1 aromatic carbocycles. The Morgan fingerprint density at radius 3 is 2.28 bits per heavy atom. The van der Waals surface area contributed by atoms with E-state index in [-0.39, 0.29) is 17.1 Å². The molecule has 0 saturated carbocycles. The summed E-state index contributed by atoms with van der Waals surface area (Å²) in [5, 5.41) is 14.3. The van der Waals surface area contributed by atoms with Crippen LogP contribution >= 0.6 is 12.6 Å². The minimum atomic E-state index is -1.37. The molecule has 0 radical (unpaired) electrons. The van der Waals surface area contributed by atoms with Crippen LogP contribution in [0.15, 0.2) is 24.3 Å². The Morgan fingerprint density at radius 2 is 1.81 bits per heavy atom. The molecule has 0 aliphatic carbocycles. The highest BCUT2D eigenvalue weighted by Gasteiger charge is 2.35. The standard InChI is InChI=1S/C21H27N3O7S/c1-6-24(19(28)15(12-32)23-20(29)31-21(2,3)4)17(13-7-9-14(25)10-8-13)18(27)22-11-16(26)30-5/h1,7-10,15,17,25,32H,11-12H2,2-5H3,(H,22,27)(H,23,29). The van der Waals surface area contributed by atoms with E-state index in [1.54, 1.807) is 20.8 Å². The van der Waals surface area contributed by atoms with Gasteiger partial charge in [-0.3, -0.25) is 19.3 Å². The number of ether oxygens (including phenoxy) is 2. The van der Waals surface area contributed by atoms with Crippen molar-refractivity contribution in [3.8, 4) is 18.2 Å². The third-order valence-electron chi connectivity index (χ3n) is 3.90. The first-order chi connectivity index (χ1) is 14.9. The van der Waals surface area contributed by atoms with Gasteiger partial charge in [-0.15, -0.1) is 0 Å². The van der Waals surface area contributed by atoms with Crippen molar-refractivity contribution < 1.29 is 33.8 Å². The van der Waals surface area contributed by atoms with E-state index in [0.29, 0.717) is 0 Å². The number of nitrogens with zero attached hydrogens (tertiary/aromatic N) is 1. The molecule has 0 spiro atoms. The number of methoxy groups -OCH3 is 1. The summed E-state index contributed by atoms with van der Waals surface area (Å²) in [6, 6.07) is 4.98. The zero-order valence-electron chi connectivity index (χ0n) is 18.2. The number of thiol groups is 1. The highest BCUT2D eigenvalue weighted by molar-refractivity contribution is 7.80. The first-order valence-corrected chi connectivity index (χ1v) is 10.1. The summed E-state index contributed by atoms with van der Waals surface area (Å²) in [7, 11) is 1.16. The second-order valence-corrected chi connectivity index (χ2v) is 7.87. The maximum absolute atomic E-state index is 13.1. The van der Waals surface area contributed by atoms with Crippen LogP contribution < -0.4 is 10.6 Å². The molecule has 1 rings (SSSR count). The van der Waals surface area contributed by atoms with Crippen LogP contribution in [0.25, 0.3) is 0 Å². The minimum Gasteiger partial charge on any atom is -0.508 e. The maximum atomic E-state index is 13.1. The van der Waals surface area contributed by atoms with Gasteiger partial charge in [0.05, 0.1) is 7.11 Å². The van der Waals surface area contributed by atoms with Gasteiger partial charge in [-0.25, -0.2) is 4.79 Å². The minimum absolute atomic E-state index is 0.0686. The first-order valence-electron chi connectivity index (χ1n) is 9.46. The Hall–Kier alpha value is -3.39. The number of phenolic OH excluding ortho intramolecular Hbond substituents is 1. The van der Waals surface area contributed by atoms with E-state index in [0.717, 1.165) is 12.0 Å². The van der Waals surface area contributed by atoms with Crippen LogP contribution in [0.3, 0.4) is 0 Å². The number of rotatable bonds is 8. The lowest BCUT2D eigenvalue weighted by atomic mass is 10.0. The predicted octanol–water partition coefficient (Wildman–Crippen LogP) is 0.965. The van der Waals surface area contributed by atoms with E-state index in [1.807, 2.05) is 0 Å². The molecule has 0 aromatic heterocycles. The van der Waals surface area contributed by atoms with Gasteiger partial charge in [-0.2, -0.15) is 12.6 Å². The molecule has 0 heterocycles. The molecule has 0 aliphatic rings. The number of hydrogen-bond donors (Lipinski definition) is 4. The van der Waals surface area contributed by atoms with Crippen molar-refractivity contribution in [1.82, 2.24) is 15.5 Å². The number of carbonyl (C=O) groups excluding carboxylic acids is 4. The van der Waals surface area contributed by atoms with E-state index < -0.39 is 48.1 Å². The average molecular weight is 466 g/mol. The number of esters is 1. The van der Waals surface area contributed by atoms with Crippen LogP contribution in [-0.4, -0.2) is 64.9 Å². The lowest BCUT2D eigenvalue weighted by molar-refractivity contribution is -0.142. The fourth-order valence-electron chi connectivity index (χ4n) is 2.47. The molecule has 0 saturated heterocycles. The summed E-state index contributed by atoms with van der Waals surface area (Å²) in [6.07, 6.45) is 4.69. The van der Waals surface area contributed by atoms with E-state index in [4.69, 9.17) is 11.2 Å². The van der Waals surface area contributed by atoms with Gasteiger partial charge in [0.15, 0.2) is 0 Å². The monoisotopic (exact) mass is 465 g/mol. The summed E-state index contributed by atoms with van der Waals surface area (Å²) < 4.78 is 9.65. The van der Waals surface area contributed by atoms with Gasteiger partial charge in [-0.05, 0) is 38.5 Å². The number of aromatic hydroxyl groups is 1. The Balaban J connectivity index is 3.22. The molecular formula is C21H27N3O7S. The average Bonchev–Trinajstić information content (AvgIpc) is 2.72. The van der Waals surface area contributed by atoms with Gasteiger partial charge >= 0.3 is 12.1 Å². The van der Waals surface area contributed by atoms with Gasteiger partial charge < -0.3 is 25.2 Å². The van der Waals surface area contributed by atoms with Gasteiger partial charge in [-0.1, -0.05) is 18.6 Å². The van der Waals surface area contributed by atoms with Crippen molar-refractivity contribution >= 4 is 36.5 Å². The molecule has 2 atom stereocenters. The molecule has 32 heavy (non-hydrogen) atoms. The summed E-state index contributed by atoms with van der Waals surface area (Å²) in [5.74, 6) is -2.49. The Kier molecular flexibility index (Phi) is 9.87. The molecule has 3 N–H and O–H groups in total. The Bertz CT molecular complexity index is 875. The molecule has 1 aromatic rings. The zero-order valence-corrected chi connectivity index (χ0v) is 19.1. The molecule has 3 amide bonds. The number of nitrogens with one attached hydrogen (secondary N) is 2. The van der Waals surface area contributed by atoms with E-state index >= 15 is 0 Å². The smallest absolute Gasteiger partial charge is 0.408 e. The van der Waals surface area contributed by atoms with E-state index in [9.17, 15) is 24.3 Å². The van der Waals surface area contributed by atoms with Crippen LogP contribution in [0, 0.1) is 12.5 Å². The van der Waals surface area contributed by atoms with Crippen molar-refractivity contribution in [2.75, 3.05) is 19.4 Å². The maximum Gasteiger partial charge on any atom is 0.408 e. The SMILES string of the molecule is C#CN(C(=O)C(CS)NC(=O)OC(C)(C)C)C(C(=O)NCC(=O)OC)c1ccc(O)cc1. The number of amides is 3. The third-order valence-corrected chi connectivity index (χ3v) is 4.26. The second-order valence-electron chi connectivity index (χ2n) is 7.51. The topological polar surface area (TPSA) is 134 Å². The number of phenols is 1. The zero-order chi connectivity index (χ0) is 24.5. The fraction of sp³-hybridized carbons (Fsp3) is 0.429. The first kappa shape index (κ1) is 26.6. The summed E-state index contributed by atoms with van der Waals surface area (Å²) in [4.78, 5) is 50.3. The van der Waals surface area contributed by atoms with E-state index in [1.165, 1.54) is 24.3 Å². The molecular weight excluding hydrogens is 438 g/mol. The molecule has 0 bridgehead atoms. The molecule has 10 nitrogen and oxygen atoms in total. The number of benzene rings is 1. The van der Waals surface area contributed by atoms with Crippen molar-refractivity contribution in [2.24, 2.45) is 0 Å². The lowest BCUT2D eigenvalue weighted by Gasteiger charge is -2.29. The molecule has 0 fully saturated rings. The fourth-order valence-corrected chi connectivity index (χ4v) is 2.72. The highest BCUT2D eigenvalue weighted by Crippen LogP contribution is 2.24. The highest BCUT2D eigenvalue weighted by atomic mass is 32.1. The molecule has 2 unspecified atom stereocenters. The number of carbonyl (C=O) groups is 4. The molecule has 174 valence electrons. The third kappa shape index (κ3) is 8.03. The summed E-state index contributed by atoms with van der Waals surface area (Å²) in [5.41, 5.74) is -0.547. The van der Waals surface area contributed by atoms with Crippen molar-refractivity contribution in [3.63, 3.8) is 0 Å². The van der Waals surface area contributed by atoms with Crippen LogP contribution in [0.2, 0.25) is 0 Å². The Morgan fingerprint density at radius 1 is 1.22 bits per heavy atom. The van der Waals surface area contributed by atoms with Gasteiger partial charge in [0.2, 0.25) is 5.91 Å². The van der Waals surface area contributed by atoms with Gasteiger partial charge in [0.1, 0.15) is 30.0 Å². The van der Waals surface area contributed by atoms with Crippen LogP contribution in [0.5, 0.6) is 5.75 Å². The van der Waals surface area contributed by atoms with Crippen LogP contribution in [0.1, 0.15) is 32.4 Å². The number of terminal acetylenes is 1. The second kappa shape index (κ2) is 11.9.